The molecule has 1 N–H and O–H groups in total. The Morgan fingerprint density at radius 2 is 1.93 bits per heavy atom. The van der Waals surface area contributed by atoms with Crippen molar-refractivity contribution in [2.45, 2.75) is 20.4 Å². The van der Waals surface area contributed by atoms with Gasteiger partial charge in [-0.05, 0) is 38.6 Å². The molecule has 0 bridgehead atoms. The zero-order valence-corrected chi connectivity index (χ0v) is 16.4. The number of fused-ring (bicyclic) bond motifs is 2. The summed E-state index contributed by atoms with van der Waals surface area (Å²) in [6.07, 6.45) is 1.68. The van der Waals surface area contributed by atoms with Gasteiger partial charge in [-0.2, -0.15) is 0 Å². The molecule has 28 heavy (non-hydrogen) atoms. The van der Waals surface area contributed by atoms with Crippen molar-refractivity contribution >= 4 is 22.6 Å². The van der Waals surface area contributed by atoms with E-state index >= 15 is 0 Å². The Morgan fingerprint density at radius 1 is 1.21 bits per heavy atom. The van der Waals surface area contributed by atoms with Crippen LogP contribution in [0, 0.1) is 12.3 Å². The first-order chi connectivity index (χ1) is 13.4. The van der Waals surface area contributed by atoms with Crippen LogP contribution in [0.2, 0.25) is 0 Å². The van der Waals surface area contributed by atoms with E-state index in [1.54, 1.807) is 27.8 Å². The molecule has 4 heterocycles. The Morgan fingerprint density at radius 3 is 2.61 bits per heavy atom. The van der Waals surface area contributed by atoms with Crippen LogP contribution in [0.3, 0.4) is 0 Å². The van der Waals surface area contributed by atoms with Crippen LogP contribution in [0.4, 0.5) is 0 Å². The van der Waals surface area contributed by atoms with Gasteiger partial charge < -0.3 is 14.4 Å². The third-order valence-electron chi connectivity index (χ3n) is 5.47. The van der Waals surface area contributed by atoms with Crippen LogP contribution >= 0.6 is 0 Å². The third-order valence-corrected chi connectivity index (χ3v) is 5.47. The smallest absolute Gasteiger partial charge is 0.267 e. The maximum atomic E-state index is 13.1. The first-order valence-electron chi connectivity index (χ1n) is 9.50. The molecular formula is C20H24N6O2. The summed E-state index contributed by atoms with van der Waals surface area (Å²) in [4.78, 5) is 34.8. The lowest BCUT2D eigenvalue weighted by Gasteiger charge is -2.32. The minimum atomic E-state index is -0.224. The maximum absolute atomic E-state index is 13.1. The van der Waals surface area contributed by atoms with Crippen molar-refractivity contribution in [1.82, 2.24) is 23.8 Å². The Hall–Kier alpha value is -3.00. The molecule has 0 unspecified atom stereocenters. The fourth-order valence-electron chi connectivity index (χ4n) is 3.75. The number of hydrogen-bond acceptors (Lipinski definition) is 5. The summed E-state index contributed by atoms with van der Waals surface area (Å²) in [7, 11) is 2.03. The average Bonchev–Trinajstić information content (AvgIpc) is 2.69. The van der Waals surface area contributed by atoms with Gasteiger partial charge in [0, 0.05) is 38.9 Å². The number of nitrogens with zero attached hydrogens (tertiary/aromatic N) is 5. The summed E-state index contributed by atoms with van der Waals surface area (Å²) in [5, 5.41) is 8.97. The van der Waals surface area contributed by atoms with Gasteiger partial charge in [0.05, 0.1) is 10.9 Å². The molecule has 0 atom stereocenters. The molecule has 0 saturated carbocycles. The molecule has 3 aromatic rings. The lowest BCUT2D eigenvalue weighted by atomic mass is 10.1. The number of hydrogen-bond donors (Lipinski definition) is 1. The molecule has 4 rings (SSSR count). The zero-order chi connectivity index (χ0) is 20.0. The Kier molecular flexibility index (Phi) is 4.50. The number of nitrogens with one attached hydrogen (secondary N) is 1. The monoisotopic (exact) mass is 380 g/mol. The molecule has 1 fully saturated rings. The maximum Gasteiger partial charge on any atom is 0.267 e. The summed E-state index contributed by atoms with van der Waals surface area (Å²) in [6.45, 7) is 7.08. The molecule has 1 aliphatic rings. The van der Waals surface area contributed by atoms with Gasteiger partial charge in [-0.25, -0.2) is 4.98 Å². The summed E-state index contributed by atoms with van der Waals surface area (Å²) >= 11 is 0. The van der Waals surface area contributed by atoms with Crippen LogP contribution in [0.25, 0.3) is 16.7 Å². The summed E-state index contributed by atoms with van der Waals surface area (Å²) < 4.78 is 3.15. The topological polar surface area (TPSA) is 86.7 Å². The molecule has 1 saturated heterocycles. The van der Waals surface area contributed by atoms with Crippen molar-refractivity contribution < 1.29 is 4.79 Å². The highest BCUT2D eigenvalue weighted by molar-refractivity contribution is 5.97. The van der Waals surface area contributed by atoms with Gasteiger partial charge in [0.2, 0.25) is 0 Å². The zero-order valence-electron chi connectivity index (χ0n) is 16.4. The third kappa shape index (κ3) is 2.80. The van der Waals surface area contributed by atoms with Crippen molar-refractivity contribution in [3.8, 4) is 0 Å². The highest BCUT2D eigenvalue weighted by atomic mass is 16.2. The molecule has 3 aromatic heterocycles. The molecule has 1 amide bonds. The van der Waals surface area contributed by atoms with E-state index in [0.29, 0.717) is 36.3 Å². The minimum Gasteiger partial charge on any atom is -0.336 e. The van der Waals surface area contributed by atoms with E-state index in [0.717, 1.165) is 18.7 Å². The van der Waals surface area contributed by atoms with Crippen molar-refractivity contribution in [2.75, 3.05) is 33.2 Å². The minimum absolute atomic E-state index is 0.101. The second kappa shape index (κ2) is 6.87. The van der Waals surface area contributed by atoms with E-state index < -0.39 is 0 Å². The molecular weight excluding hydrogens is 356 g/mol. The van der Waals surface area contributed by atoms with Crippen molar-refractivity contribution in [2.24, 2.45) is 0 Å². The quantitative estimate of drug-likeness (QED) is 0.668. The van der Waals surface area contributed by atoms with Gasteiger partial charge in [-0.15, -0.1) is 0 Å². The number of likely N-dealkylation sites (N-methyl/N-ethyl adjacent to an activating group) is 1. The molecule has 8 heteroatoms. The largest absolute Gasteiger partial charge is 0.336 e. The van der Waals surface area contributed by atoms with Gasteiger partial charge in [0.1, 0.15) is 16.8 Å². The van der Waals surface area contributed by atoms with Crippen molar-refractivity contribution in [1.29, 1.82) is 5.41 Å². The van der Waals surface area contributed by atoms with Crippen LogP contribution < -0.4 is 11.0 Å². The van der Waals surface area contributed by atoms with Crippen LogP contribution in [-0.2, 0) is 6.54 Å². The van der Waals surface area contributed by atoms with Gasteiger partial charge in [-0.1, -0.05) is 6.07 Å². The number of carbonyl (C=O) groups is 1. The average molecular weight is 380 g/mol. The number of pyridine rings is 2. The van der Waals surface area contributed by atoms with Crippen molar-refractivity contribution in [3.63, 3.8) is 0 Å². The van der Waals surface area contributed by atoms with E-state index in [1.807, 2.05) is 27.0 Å². The molecule has 0 aliphatic carbocycles. The number of rotatable bonds is 2. The van der Waals surface area contributed by atoms with Crippen molar-refractivity contribution in [3.05, 3.63) is 51.4 Å². The number of piperazine rings is 1. The summed E-state index contributed by atoms with van der Waals surface area (Å²) in [5.41, 5.74) is 2.03. The fraction of sp³-hybridized carbons (Fsp3) is 0.400. The SMILES string of the molecule is CCn1c(=N)c(C(=O)N2CCN(C)CC2)cc2c(=O)n3cccc(C)c3nc21. The Bertz CT molecular complexity index is 1200. The second-order valence-electron chi connectivity index (χ2n) is 7.29. The number of carbonyl (C=O) groups excluding carboxylic acids is 1. The predicted molar refractivity (Wildman–Crippen MR) is 107 cm³/mol. The summed E-state index contributed by atoms with van der Waals surface area (Å²) in [5.74, 6) is -0.198. The highest BCUT2D eigenvalue weighted by Crippen LogP contribution is 2.14. The van der Waals surface area contributed by atoms with E-state index in [9.17, 15) is 9.59 Å². The van der Waals surface area contributed by atoms with Gasteiger partial charge >= 0.3 is 0 Å². The standard InChI is InChI=1S/C20H24N6O2/c1-4-25-16(21)14(19(27)24-10-8-23(3)9-11-24)12-15-18(25)22-17-13(2)6-5-7-26(17)20(15)28/h5-7,12,21H,4,8-11H2,1-3H3. The molecule has 8 nitrogen and oxygen atoms in total. The normalized spacial score (nSPS) is 15.5. The van der Waals surface area contributed by atoms with Gasteiger partial charge in [0.25, 0.3) is 11.5 Å². The number of aryl methyl sites for hydroxylation is 2. The summed E-state index contributed by atoms with van der Waals surface area (Å²) in [6, 6.07) is 5.26. The fourth-order valence-corrected chi connectivity index (χ4v) is 3.75. The molecule has 0 aromatic carbocycles. The Labute approximate surface area is 162 Å². The van der Waals surface area contributed by atoms with Gasteiger partial charge in [-0.3, -0.25) is 19.4 Å². The number of amides is 1. The highest BCUT2D eigenvalue weighted by Gasteiger charge is 2.24. The molecule has 0 spiro atoms. The van der Waals surface area contributed by atoms with E-state index in [-0.39, 0.29) is 22.5 Å². The van der Waals surface area contributed by atoms with Crippen LogP contribution in [0.5, 0.6) is 0 Å². The van der Waals surface area contributed by atoms with Crippen LogP contribution in [-0.4, -0.2) is 62.9 Å². The lowest BCUT2D eigenvalue weighted by Crippen LogP contribution is -2.48. The van der Waals surface area contributed by atoms with Crippen LogP contribution in [0.15, 0.2) is 29.2 Å². The van der Waals surface area contributed by atoms with Gasteiger partial charge in [0.15, 0.2) is 0 Å². The Balaban J connectivity index is 1.97. The van der Waals surface area contributed by atoms with E-state index in [4.69, 9.17) is 5.41 Å². The predicted octanol–water partition coefficient (Wildman–Crippen LogP) is 0.845. The molecule has 0 radical (unpaired) electrons. The lowest BCUT2D eigenvalue weighted by molar-refractivity contribution is 0.0661. The van der Waals surface area contributed by atoms with E-state index in [1.165, 1.54) is 4.40 Å². The molecule has 146 valence electrons. The first-order valence-corrected chi connectivity index (χ1v) is 9.50. The first kappa shape index (κ1) is 18.4. The molecule has 1 aliphatic heterocycles. The van der Waals surface area contributed by atoms with Crippen LogP contribution in [0.1, 0.15) is 22.8 Å². The second-order valence-corrected chi connectivity index (χ2v) is 7.29. The van der Waals surface area contributed by atoms with E-state index in [2.05, 4.69) is 9.88 Å². The number of aromatic nitrogens is 3.